The van der Waals surface area contributed by atoms with Crippen molar-refractivity contribution in [1.82, 2.24) is 10.2 Å². The van der Waals surface area contributed by atoms with E-state index in [0.29, 0.717) is 35.9 Å². The molecule has 182 valence electrons. The van der Waals surface area contributed by atoms with Gasteiger partial charge in [0.15, 0.2) is 0 Å². The molecular formula is C26H20Cl2N4O4. The van der Waals surface area contributed by atoms with Gasteiger partial charge in [0, 0.05) is 11.8 Å². The van der Waals surface area contributed by atoms with Crippen LogP contribution in [0.3, 0.4) is 0 Å². The molecule has 2 aromatic carbocycles. The lowest BCUT2D eigenvalue weighted by Gasteiger charge is -2.31. The van der Waals surface area contributed by atoms with E-state index >= 15 is 0 Å². The van der Waals surface area contributed by atoms with E-state index in [1.54, 1.807) is 6.07 Å². The smallest absolute Gasteiger partial charge is 0.253 e. The molecule has 2 amide bonds. The zero-order chi connectivity index (χ0) is 25.2. The summed E-state index contributed by atoms with van der Waals surface area (Å²) in [6.45, 7) is 2.04. The summed E-state index contributed by atoms with van der Waals surface area (Å²) >= 11 is 12.1. The van der Waals surface area contributed by atoms with E-state index in [2.05, 4.69) is 16.3 Å². The third kappa shape index (κ3) is 3.16. The van der Waals surface area contributed by atoms with Gasteiger partial charge in [-0.15, -0.1) is 5.10 Å². The Morgan fingerprint density at radius 3 is 2.75 bits per heavy atom. The molecule has 3 aliphatic rings. The second-order valence-corrected chi connectivity index (χ2v) is 10.4. The van der Waals surface area contributed by atoms with E-state index in [0.717, 1.165) is 5.39 Å². The molecule has 3 aliphatic heterocycles. The Hall–Kier alpha value is -3.25. The number of imide groups is 1. The van der Waals surface area contributed by atoms with Gasteiger partial charge < -0.3 is 9.47 Å². The summed E-state index contributed by atoms with van der Waals surface area (Å²) in [5.74, 6) is -1.88. The number of carbonyl (C=O) groups is 2. The lowest BCUT2D eigenvalue weighted by Crippen LogP contribution is -2.43. The number of rotatable bonds is 5. The molecule has 2 bridgehead atoms. The standard InChI is InChI=1S/C26H20Cl2N4O4/c1-25-8-9-26(36-25,10-11-35-22-21(28)17(27)13-30-31-22)20-19(25)23(33)32(24(20)34)18-7-6-14-4-2-3-5-15(14)16(18)12-29/h2-7,13,19-20H,8-11H2,1H3. The second kappa shape index (κ2) is 8.13. The van der Waals surface area contributed by atoms with E-state index in [1.165, 1.54) is 11.1 Å². The van der Waals surface area contributed by atoms with Crippen molar-refractivity contribution in [2.75, 3.05) is 11.5 Å². The number of fused-ring (bicyclic) bond motifs is 6. The third-order valence-electron chi connectivity index (χ3n) is 7.75. The summed E-state index contributed by atoms with van der Waals surface area (Å²) in [7, 11) is 0. The first kappa shape index (κ1) is 23.2. The quantitative estimate of drug-likeness (QED) is 0.446. The van der Waals surface area contributed by atoms with Gasteiger partial charge in [-0.25, -0.2) is 4.90 Å². The Morgan fingerprint density at radius 1 is 1.17 bits per heavy atom. The molecule has 0 spiro atoms. The van der Waals surface area contributed by atoms with Gasteiger partial charge in [0.25, 0.3) is 5.88 Å². The minimum absolute atomic E-state index is 0.0983. The Labute approximate surface area is 216 Å². The Bertz CT molecular complexity index is 1490. The fraction of sp³-hybridized carbons (Fsp3) is 0.346. The zero-order valence-corrected chi connectivity index (χ0v) is 20.7. The van der Waals surface area contributed by atoms with Crippen molar-refractivity contribution in [3.63, 3.8) is 0 Å². The highest BCUT2D eigenvalue weighted by Gasteiger charge is 2.74. The van der Waals surface area contributed by atoms with Crippen LogP contribution < -0.4 is 9.64 Å². The molecule has 3 aromatic rings. The number of amides is 2. The summed E-state index contributed by atoms with van der Waals surface area (Å²) in [5, 5.41) is 19.5. The summed E-state index contributed by atoms with van der Waals surface area (Å²) in [4.78, 5) is 28.8. The zero-order valence-electron chi connectivity index (χ0n) is 19.2. The lowest BCUT2D eigenvalue weighted by molar-refractivity contribution is -0.131. The molecule has 0 aliphatic carbocycles. The van der Waals surface area contributed by atoms with Crippen molar-refractivity contribution in [3.8, 4) is 11.9 Å². The lowest BCUT2D eigenvalue weighted by atomic mass is 9.67. The summed E-state index contributed by atoms with van der Waals surface area (Å²) in [6.07, 6.45) is 2.92. The SMILES string of the molecule is CC12CCC(CCOc3nncc(Cl)c3Cl)(O1)C1C(=O)N(c3ccc4ccccc4c3C#N)C(=O)C12. The molecule has 4 unspecified atom stereocenters. The molecule has 4 heterocycles. The van der Waals surface area contributed by atoms with Crippen LogP contribution in [0.2, 0.25) is 10.0 Å². The summed E-state index contributed by atoms with van der Waals surface area (Å²) < 4.78 is 12.2. The predicted octanol–water partition coefficient (Wildman–Crippen LogP) is 4.70. The topological polar surface area (TPSA) is 105 Å². The first-order chi connectivity index (χ1) is 17.3. The van der Waals surface area contributed by atoms with Crippen LogP contribution in [-0.2, 0) is 14.3 Å². The van der Waals surface area contributed by atoms with Crippen LogP contribution >= 0.6 is 23.2 Å². The maximum Gasteiger partial charge on any atom is 0.253 e. The average Bonchev–Trinajstić information content (AvgIpc) is 3.45. The van der Waals surface area contributed by atoms with Crippen LogP contribution in [0.25, 0.3) is 10.8 Å². The molecule has 3 fully saturated rings. The van der Waals surface area contributed by atoms with Crippen LogP contribution in [0, 0.1) is 23.2 Å². The number of ether oxygens (including phenoxy) is 2. The van der Waals surface area contributed by atoms with Gasteiger partial charge in [-0.3, -0.25) is 9.59 Å². The molecule has 0 N–H and O–H groups in total. The number of nitrogens with zero attached hydrogens (tertiary/aromatic N) is 4. The van der Waals surface area contributed by atoms with Gasteiger partial charge in [0.2, 0.25) is 11.8 Å². The van der Waals surface area contributed by atoms with Crippen molar-refractivity contribution in [1.29, 1.82) is 5.26 Å². The molecule has 0 radical (unpaired) electrons. The van der Waals surface area contributed by atoms with Gasteiger partial charge in [0.1, 0.15) is 11.1 Å². The van der Waals surface area contributed by atoms with E-state index in [1.807, 2.05) is 37.3 Å². The van der Waals surface area contributed by atoms with Crippen molar-refractivity contribution in [3.05, 3.63) is 58.2 Å². The van der Waals surface area contributed by atoms with Crippen LogP contribution in [-0.4, -0.2) is 39.8 Å². The number of benzene rings is 2. The monoisotopic (exact) mass is 522 g/mol. The van der Waals surface area contributed by atoms with Crippen LogP contribution in [0.1, 0.15) is 31.7 Å². The minimum atomic E-state index is -0.872. The molecule has 10 heteroatoms. The molecule has 36 heavy (non-hydrogen) atoms. The molecule has 1 aromatic heterocycles. The fourth-order valence-electron chi connectivity index (χ4n) is 6.16. The van der Waals surface area contributed by atoms with Gasteiger partial charge in [0.05, 0.1) is 52.1 Å². The van der Waals surface area contributed by atoms with E-state index in [-0.39, 0.29) is 34.3 Å². The van der Waals surface area contributed by atoms with Gasteiger partial charge in [-0.2, -0.15) is 10.4 Å². The normalized spacial score (nSPS) is 28.6. The van der Waals surface area contributed by atoms with Crippen molar-refractivity contribution >= 4 is 51.5 Å². The van der Waals surface area contributed by atoms with E-state index in [9.17, 15) is 14.9 Å². The highest BCUT2D eigenvalue weighted by Crippen LogP contribution is 2.62. The maximum absolute atomic E-state index is 13.9. The number of carbonyl (C=O) groups excluding carboxylic acids is 2. The fourth-order valence-corrected chi connectivity index (χ4v) is 6.42. The molecule has 6 rings (SSSR count). The maximum atomic E-state index is 13.9. The molecular weight excluding hydrogens is 503 g/mol. The Balaban J connectivity index is 1.33. The van der Waals surface area contributed by atoms with Gasteiger partial charge in [-0.05, 0) is 31.2 Å². The number of aromatic nitrogens is 2. The highest BCUT2D eigenvalue weighted by molar-refractivity contribution is 6.42. The molecule has 4 atom stereocenters. The van der Waals surface area contributed by atoms with E-state index in [4.69, 9.17) is 32.7 Å². The molecule has 0 saturated carbocycles. The minimum Gasteiger partial charge on any atom is -0.475 e. The predicted molar refractivity (Wildman–Crippen MR) is 132 cm³/mol. The Morgan fingerprint density at radius 2 is 1.94 bits per heavy atom. The van der Waals surface area contributed by atoms with Gasteiger partial charge >= 0.3 is 0 Å². The number of anilines is 1. The Kier molecular flexibility index (Phi) is 5.23. The van der Waals surface area contributed by atoms with Crippen molar-refractivity contribution in [2.45, 2.75) is 37.4 Å². The summed E-state index contributed by atoms with van der Waals surface area (Å²) in [6, 6.07) is 13.1. The number of hydrogen-bond acceptors (Lipinski definition) is 7. The van der Waals surface area contributed by atoms with Gasteiger partial charge in [-0.1, -0.05) is 53.5 Å². The molecule has 8 nitrogen and oxygen atoms in total. The van der Waals surface area contributed by atoms with Crippen molar-refractivity contribution in [2.24, 2.45) is 11.8 Å². The first-order valence-corrected chi connectivity index (χ1v) is 12.3. The second-order valence-electron chi connectivity index (χ2n) is 9.65. The van der Waals surface area contributed by atoms with Crippen LogP contribution in [0.4, 0.5) is 5.69 Å². The summed E-state index contributed by atoms with van der Waals surface area (Å²) in [5.41, 5.74) is -1.03. The number of hydrogen-bond donors (Lipinski definition) is 0. The van der Waals surface area contributed by atoms with Crippen LogP contribution in [0.5, 0.6) is 5.88 Å². The molecule has 3 saturated heterocycles. The largest absolute Gasteiger partial charge is 0.475 e. The van der Waals surface area contributed by atoms with Crippen LogP contribution in [0.15, 0.2) is 42.6 Å². The first-order valence-electron chi connectivity index (χ1n) is 11.6. The third-order valence-corrected chi connectivity index (χ3v) is 8.50. The highest BCUT2D eigenvalue weighted by atomic mass is 35.5. The van der Waals surface area contributed by atoms with Crippen molar-refractivity contribution < 1.29 is 19.1 Å². The number of halogens is 2. The average molecular weight is 523 g/mol. The number of nitriles is 1. The van der Waals surface area contributed by atoms with E-state index < -0.39 is 23.0 Å².